The molecule has 5 rings (SSSR count). The lowest BCUT2D eigenvalue weighted by Crippen LogP contribution is -2.53. The van der Waals surface area contributed by atoms with Gasteiger partial charge in [-0.25, -0.2) is 4.90 Å². The molecule has 3 aliphatic rings. The summed E-state index contributed by atoms with van der Waals surface area (Å²) >= 11 is 1.36. The molecule has 7 heteroatoms. The fourth-order valence-corrected chi connectivity index (χ4v) is 4.10. The Hall–Kier alpha value is -2.32. The lowest BCUT2D eigenvalue weighted by atomic mass is 10.3. The quantitative estimate of drug-likeness (QED) is 0.307. The number of hydroxylamine groups is 2. The van der Waals surface area contributed by atoms with Crippen molar-refractivity contribution in [3.63, 3.8) is 0 Å². The van der Waals surface area contributed by atoms with Gasteiger partial charge in [0.15, 0.2) is 0 Å². The van der Waals surface area contributed by atoms with Crippen LogP contribution in [0.15, 0.2) is 48.5 Å². The first-order valence-corrected chi connectivity index (χ1v) is 9.22. The molecule has 26 heavy (non-hydrogen) atoms. The summed E-state index contributed by atoms with van der Waals surface area (Å²) in [6.45, 7) is 2.21. The molecule has 0 bridgehead atoms. The van der Waals surface area contributed by atoms with Crippen LogP contribution in [0, 0.1) is 5.21 Å². The van der Waals surface area contributed by atoms with Crippen LogP contribution < -0.4 is 4.65 Å². The van der Waals surface area contributed by atoms with Crippen LogP contribution in [0.1, 0.15) is 6.92 Å². The lowest BCUT2D eigenvalue weighted by Gasteiger charge is -2.39. The number of hydrogen-bond donors (Lipinski definition) is 0. The normalized spacial score (nSPS) is 23.4. The molecule has 0 spiro atoms. The van der Waals surface area contributed by atoms with Crippen molar-refractivity contribution in [3.05, 3.63) is 53.7 Å². The minimum Gasteiger partial charge on any atom is -0.622 e. The molecule has 1 saturated heterocycles. The van der Waals surface area contributed by atoms with Gasteiger partial charge in [0, 0.05) is 6.92 Å². The van der Waals surface area contributed by atoms with E-state index in [-0.39, 0.29) is 0 Å². The largest absolute Gasteiger partial charge is 0.622 e. The second kappa shape index (κ2) is 6.44. The molecule has 2 aromatic rings. The molecule has 0 radical (unpaired) electrons. The number of carbonyl (C=O) groups is 1. The van der Waals surface area contributed by atoms with Gasteiger partial charge in [-0.1, -0.05) is 41.7 Å². The number of carbonyl (C=O) groups excluding carboxylic acids is 1. The predicted octanol–water partition coefficient (Wildman–Crippen LogP) is 3.56. The van der Waals surface area contributed by atoms with Gasteiger partial charge >= 0.3 is 12.3 Å². The van der Waals surface area contributed by atoms with Crippen molar-refractivity contribution in [1.82, 2.24) is 14.5 Å². The lowest BCUT2D eigenvalue weighted by molar-refractivity contribution is -0.161. The third-order valence-corrected chi connectivity index (χ3v) is 5.66. The number of hydrogen-bond acceptors (Lipinski definition) is 6. The highest BCUT2D eigenvalue weighted by Crippen LogP contribution is 2.37. The highest BCUT2D eigenvalue weighted by atomic mass is 32.1. The molecule has 1 aromatic heterocycles. The van der Waals surface area contributed by atoms with E-state index in [9.17, 15) is 10.0 Å². The van der Waals surface area contributed by atoms with Crippen LogP contribution >= 0.6 is 11.3 Å². The van der Waals surface area contributed by atoms with Crippen LogP contribution in [0.3, 0.4) is 0 Å². The molecule has 0 saturated carbocycles. The summed E-state index contributed by atoms with van der Waals surface area (Å²) in [5.74, 6) is -0.455. The molecule has 2 unspecified atom stereocenters. The van der Waals surface area contributed by atoms with Crippen LogP contribution in [0.5, 0.6) is 0 Å². The van der Waals surface area contributed by atoms with Gasteiger partial charge in [-0.15, -0.1) is 0 Å². The maximum absolute atomic E-state index is 13.1. The monoisotopic (exact) mass is 369 g/mol. The fraction of sp³-hybridized carbons (Fsp3) is 0.263. The predicted molar refractivity (Wildman–Crippen MR) is 103 cm³/mol. The molecule has 0 amide bonds. The fourth-order valence-electron chi connectivity index (χ4n) is 3.06. The highest BCUT2D eigenvalue weighted by molar-refractivity contribution is 7.22. The van der Waals surface area contributed by atoms with Gasteiger partial charge in [0.05, 0.1) is 16.8 Å². The topological polar surface area (TPSA) is 65.5 Å². The van der Waals surface area contributed by atoms with E-state index in [0.717, 1.165) is 10.2 Å². The second-order valence-corrected chi connectivity index (χ2v) is 7.49. The first-order valence-electron chi connectivity index (χ1n) is 8.40. The van der Waals surface area contributed by atoms with E-state index in [4.69, 9.17) is 4.74 Å². The average Bonchev–Trinajstić information content (AvgIpc) is 2.98. The Kier molecular flexibility index (Phi) is 4.24. The summed E-state index contributed by atoms with van der Waals surface area (Å²) in [4.78, 5) is 17.4. The van der Waals surface area contributed by atoms with Crippen molar-refractivity contribution >= 4 is 32.7 Å². The smallest absolute Gasteiger partial charge is 0.308 e. The van der Waals surface area contributed by atoms with Gasteiger partial charge in [-0.3, -0.25) is 9.44 Å². The number of quaternary nitrogens is 1. The Labute approximate surface area is 155 Å². The minimum absolute atomic E-state index is 0.328. The van der Waals surface area contributed by atoms with Gasteiger partial charge in [0.2, 0.25) is 0 Å². The Balaban J connectivity index is 0.000000233. The number of ether oxygens (including phenoxy) is 1. The summed E-state index contributed by atoms with van der Waals surface area (Å²) in [6, 6.07) is 16.1. The zero-order chi connectivity index (χ0) is 18.3. The van der Waals surface area contributed by atoms with Gasteiger partial charge in [0.1, 0.15) is 6.54 Å². The Bertz CT molecular complexity index is 923. The molecule has 1 aliphatic heterocycles. The average molecular weight is 369 g/mol. The summed E-state index contributed by atoms with van der Waals surface area (Å²) < 4.78 is 5.44. The molecule has 0 N–H and O–H groups in total. The summed E-state index contributed by atoms with van der Waals surface area (Å²) in [7, 11) is 1.78. The van der Waals surface area contributed by atoms with Crippen molar-refractivity contribution in [2.75, 3.05) is 20.1 Å². The molecule has 2 heterocycles. The van der Waals surface area contributed by atoms with Gasteiger partial charge in [-0.2, -0.15) is 4.98 Å². The van der Waals surface area contributed by atoms with Crippen molar-refractivity contribution in [2.45, 2.75) is 13.3 Å². The van der Waals surface area contributed by atoms with E-state index in [1.165, 1.54) is 29.4 Å². The molecule has 134 valence electrons. The molecular formula is C19H19N3O3S. The summed E-state index contributed by atoms with van der Waals surface area (Å²) in [5.41, 5.74) is 3.65. The first kappa shape index (κ1) is 17.1. The van der Waals surface area contributed by atoms with E-state index < -0.39 is 17.0 Å². The van der Waals surface area contributed by atoms with Crippen LogP contribution in [0.25, 0.3) is 21.3 Å². The number of esters is 1. The van der Waals surface area contributed by atoms with Crippen LogP contribution in [0.4, 0.5) is 5.13 Å². The molecule has 1 aromatic carbocycles. The van der Waals surface area contributed by atoms with E-state index in [1.54, 1.807) is 11.9 Å². The number of thiazole rings is 1. The van der Waals surface area contributed by atoms with Gasteiger partial charge < -0.3 is 9.94 Å². The number of fused-ring (bicyclic) bond motifs is 2. The molecule has 2 atom stereocenters. The standard InChI is InChI=1S/C13H15N3O3S.C6H4/c1-9(17)19-13-15(2)7-8-16(13,18)12-14-10-5-3-4-6-11(10)20-12;1-2-5-4-6(5)3-1/h3-6,13H,7-8H2,1-2H3;1-4H. The molecule has 6 nitrogen and oxygen atoms in total. The summed E-state index contributed by atoms with van der Waals surface area (Å²) in [5, 5.41) is 13.5. The second-order valence-electron chi connectivity index (χ2n) is 6.48. The number of nitrogens with zero attached hydrogens (tertiary/aromatic N) is 3. The van der Waals surface area contributed by atoms with Crippen molar-refractivity contribution < 1.29 is 9.53 Å². The maximum Gasteiger partial charge on any atom is 0.308 e. The summed E-state index contributed by atoms with van der Waals surface area (Å²) in [6.07, 6.45) is -0.854. The SMILES string of the molecule is CC(=O)OC1N(C)CC[N+]1([O-])c1nc2ccccc2s1.c1cc2cc-2c1. The zero-order valence-corrected chi connectivity index (χ0v) is 15.4. The highest BCUT2D eigenvalue weighted by Gasteiger charge is 2.45. The van der Waals surface area contributed by atoms with Crippen molar-refractivity contribution in [1.29, 1.82) is 0 Å². The van der Waals surface area contributed by atoms with Crippen molar-refractivity contribution in [2.24, 2.45) is 0 Å². The van der Waals surface area contributed by atoms with Crippen LogP contribution in [0.2, 0.25) is 0 Å². The van der Waals surface area contributed by atoms with E-state index in [0.29, 0.717) is 18.2 Å². The van der Waals surface area contributed by atoms with Gasteiger partial charge in [-0.05, 0) is 36.4 Å². The molecule has 1 fully saturated rings. The molecule has 2 aliphatic carbocycles. The number of benzene rings is 2. The number of aromatic nitrogens is 1. The third kappa shape index (κ3) is 3.10. The molecular weight excluding hydrogens is 350 g/mol. The maximum atomic E-state index is 13.1. The van der Waals surface area contributed by atoms with Crippen LogP contribution in [-0.2, 0) is 9.53 Å². The van der Waals surface area contributed by atoms with Crippen LogP contribution in [-0.4, -0.2) is 42.3 Å². The van der Waals surface area contributed by atoms with E-state index >= 15 is 0 Å². The number of para-hydroxylation sites is 1. The van der Waals surface area contributed by atoms with Crippen molar-refractivity contribution in [3.8, 4) is 11.1 Å². The van der Waals surface area contributed by atoms with E-state index in [1.807, 2.05) is 24.3 Å². The number of rotatable bonds is 2. The Morgan fingerprint density at radius 1 is 1.27 bits per heavy atom. The minimum atomic E-state index is -0.854. The van der Waals surface area contributed by atoms with Gasteiger partial charge in [0.25, 0.3) is 5.13 Å². The third-order valence-electron chi connectivity index (χ3n) is 4.51. The Morgan fingerprint density at radius 2 is 2.00 bits per heavy atom. The Morgan fingerprint density at radius 3 is 2.58 bits per heavy atom. The zero-order valence-electron chi connectivity index (χ0n) is 14.6. The van der Waals surface area contributed by atoms with E-state index in [2.05, 4.69) is 29.2 Å². The number of likely N-dealkylation sites (N-methyl/N-ethyl adjacent to an activating group) is 1. The first-order chi connectivity index (χ1) is 12.5.